The molecule has 5 nitrogen and oxygen atoms in total. The summed E-state index contributed by atoms with van der Waals surface area (Å²) in [7, 11) is 0. The molecule has 0 aliphatic carbocycles. The smallest absolute Gasteiger partial charge is 0.183 e. The molecular weight excluding hydrogens is 238 g/mol. The topological polar surface area (TPSA) is 63.6 Å². The van der Waals surface area contributed by atoms with Crippen LogP contribution in [0.2, 0.25) is 0 Å². The van der Waals surface area contributed by atoms with Crippen LogP contribution in [0.5, 0.6) is 0 Å². The first kappa shape index (κ1) is 13.6. The predicted molar refractivity (Wildman–Crippen MR) is 76.9 cm³/mol. The molecule has 2 aromatic rings. The van der Waals surface area contributed by atoms with E-state index in [-0.39, 0.29) is 0 Å². The van der Waals surface area contributed by atoms with Crippen LogP contribution in [0, 0.1) is 5.92 Å². The summed E-state index contributed by atoms with van der Waals surface area (Å²) in [6.07, 6.45) is 8.45. The quantitative estimate of drug-likeness (QED) is 0.863. The van der Waals surface area contributed by atoms with Crippen molar-refractivity contribution >= 4 is 17.0 Å². The van der Waals surface area contributed by atoms with Crippen molar-refractivity contribution in [3.05, 3.63) is 18.7 Å². The van der Waals surface area contributed by atoms with E-state index >= 15 is 0 Å². The zero-order valence-corrected chi connectivity index (χ0v) is 11.8. The number of hydrogen-bond donors (Lipinski definition) is 1. The van der Waals surface area contributed by atoms with Crippen LogP contribution in [-0.2, 0) is 0 Å². The molecule has 0 bridgehead atoms. The Morgan fingerprint density at radius 1 is 1.00 bits per heavy atom. The third-order valence-corrected chi connectivity index (χ3v) is 3.07. The van der Waals surface area contributed by atoms with E-state index in [1.165, 1.54) is 19.2 Å². The van der Waals surface area contributed by atoms with E-state index in [1.807, 2.05) is 0 Å². The van der Waals surface area contributed by atoms with Gasteiger partial charge in [-0.3, -0.25) is 0 Å². The second kappa shape index (κ2) is 6.41. The highest BCUT2D eigenvalue weighted by Crippen LogP contribution is 2.16. The maximum Gasteiger partial charge on any atom is 0.183 e. The van der Waals surface area contributed by atoms with Crippen LogP contribution in [0.4, 0.5) is 5.82 Å². The lowest BCUT2D eigenvalue weighted by Gasteiger charge is -2.15. The normalized spacial score (nSPS) is 12.8. The highest BCUT2D eigenvalue weighted by Gasteiger charge is 2.09. The second-order valence-corrected chi connectivity index (χ2v) is 5.32. The van der Waals surface area contributed by atoms with Crippen LogP contribution < -0.4 is 5.32 Å². The molecule has 102 valence electrons. The molecule has 2 heterocycles. The lowest BCUT2D eigenvalue weighted by molar-refractivity contribution is 0.520. The molecule has 2 rings (SSSR count). The number of fused-ring (bicyclic) bond motifs is 1. The van der Waals surface area contributed by atoms with Crippen molar-refractivity contribution in [2.24, 2.45) is 5.92 Å². The van der Waals surface area contributed by atoms with Gasteiger partial charge in [0.1, 0.15) is 11.8 Å². The highest BCUT2D eigenvalue weighted by atomic mass is 15.1. The van der Waals surface area contributed by atoms with Gasteiger partial charge in [-0.15, -0.1) is 0 Å². The molecule has 1 atom stereocenters. The van der Waals surface area contributed by atoms with E-state index in [0.29, 0.717) is 11.7 Å². The Bertz CT molecular complexity index is 521. The van der Waals surface area contributed by atoms with Gasteiger partial charge >= 0.3 is 0 Å². The molecule has 0 aromatic carbocycles. The Morgan fingerprint density at radius 2 is 1.79 bits per heavy atom. The van der Waals surface area contributed by atoms with Crippen LogP contribution in [0.15, 0.2) is 18.7 Å². The van der Waals surface area contributed by atoms with E-state index in [9.17, 15) is 0 Å². The van der Waals surface area contributed by atoms with Crippen molar-refractivity contribution in [2.45, 2.75) is 46.1 Å². The summed E-state index contributed by atoms with van der Waals surface area (Å²) in [5, 5.41) is 3.40. The second-order valence-electron chi connectivity index (χ2n) is 5.32. The average molecular weight is 259 g/mol. The molecule has 0 radical (unpaired) electrons. The molecule has 19 heavy (non-hydrogen) atoms. The number of anilines is 1. The zero-order chi connectivity index (χ0) is 13.7. The lowest BCUT2D eigenvalue weighted by Crippen LogP contribution is -2.16. The fraction of sp³-hybridized carbons (Fsp3) is 0.571. The summed E-state index contributed by atoms with van der Waals surface area (Å²) in [6, 6.07) is 0.374. The van der Waals surface area contributed by atoms with Crippen LogP contribution in [-0.4, -0.2) is 26.0 Å². The summed E-state index contributed by atoms with van der Waals surface area (Å²) < 4.78 is 0. The van der Waals surface area contributed by atoms with Crippen molar-refractivity contribution in [2.75, 3.05) is 5.32 Å². The molecule has 0 unspecified atom stereocenters. The van der Waals surface area contributed by atoms with Crippen LogP contribution >= 0.6 is 0 Å². The minimum atomic E-state index is 0.374. The van der Waals surface area contributed by atoms with Crippen molar-refractivity contribution in [3.8, 4) is 0 Å². The first-order valence-electron chi connectivity index (χ1n) is 6.85. The first-order valence-corrected chi connectivity index (χ1v) is 6.85. The van der Waals surface area contributed by atoms with Gasteiger partial charge in [-0.1, -0.05) is 26.7 Å². The molecule has 0 amide bonds. The molecule has 1 N–H and O–H groups in total. The fourth-order valence-electron chi connectivity index (χ4n) is 2.04. The summed E-state index contributed by atoms with van der Waals surface area (Å²) in [5.74, 6) is 1.54. The van der Waals surface area contributed by atoms with Crippen molar-refractivity contribution in [1.29, 1.82) is 0 Å². The van der Waals surface area contributed by atoms with Gasteiger partial charge in [0.25, 0.3) is 0 Å². The largest absolute Gasteiger partial charge is 0.366 e. The predicted octanol–water partition coefficient (Wildman–Crippen LogP) is 3.05. The zero-order valence-electron chi connectivity index (χ0n) is 11.8. The summed E-state index contributed by atoms with van der Waals surface area (Å²) >= 11 is 0. The van der Waals surface area contributed by atoms with Crippen LogP contribution in [0.25, 0.3) is 11.2 Å². The molecule has 5 heteroatoms. The van der Waals surface area contributed by atoms with Crippen LogP contribution in [0.3, 0.4) is 0 Å². The molecule has 0 aliphatic rings. The van der Waals surface area contributed by atoms with Crippen molar-refractivity contribution < 1.29 is 0 Å². The van der Waals surface area contributed by atoms with Gasteiger partial charge in [-0.2, -0.15) is 0 Å². The number of hydrogen-bond acceptors (Lipinski definition) is 5. The minimum absolute atomic E-state index is 0.374. The minimum Gasteiger partial charge on any atom is -0.366 e. The molecule has 0 fully saturated rings. The van der Waals surface area contributed by atoms with E-state index in [1.54, 1.807) is 12.4 Å². The van der Waals surface area contributed by atoms with Crippen molar-refractivity contribution in [3.63, 3.8) is 0 Å². The Labute approximate surface area is 113 Å². The van der Waals surface area contributed by atoms with Gasteiger partial charge in [-0.25, -0.2) is 19.9 Å². The van der Waals surface area contributed by atoms with Crippen LogP contribution in [0.1, 0.15) is 40.0 Å². The van der Waals surface area contributed by atoms with Gasteiger partial charge < -0.3 is 5.32 Å². The van der Waals surface area contributed by atoms with Gasteiger partial charge in [0.05, 0.1) is 0 Å². The van der Waals surface area contributed by atoms with E-state index in [2.05, 4.69) is 46.0 Å². The van der Waals surface area contributed by atoms with Gasteiger partial charge in [0.2, 0.25) is 0 Å². The monoisotopic (exact) mass is 259 g/mol. The third kappa shape index (κ3) is 3.84. The van der Waals surface area contributed by atoms with Gasteiger partial charge in [0.15, 0.2) is 11.5 Å². The molecule has 0 spiro atoms. The number of nitrogens with one attached hydrogen (secondary N) is 1. The van der Waals surface area contributed by atoms with Crippen molar-refractivity contribution in [1.82, 2.24) is 19.9 Å². The van der Waals surface area contributed by atoms with Gasteiger partial charge in [-0.05, 0) is 19.3 Å². The highest BCUT2D eigenvalue weighted by molar-refractivity contribution is 5.81. The lowest BCUT2D eigenvalue weighted by atomic mass is 10.0. The van der Waals surface area contributed by atoms with Gasteiger partial charge in [0, 0.05) is 18.4 Å². The molecular formula is C14H21N5. The molecule has 0 saturated carbocycles. The molecule has 0 saturated heterocycles. The molecule has 0 aliphatic heterocycles. The Morgan fingerprint density at radius 3 is 2.58 bits per heavy atom. The SMILES string of the molecule is CC(C)CCC[C@H](C)Nc1ncnc2nccnc12. The van der Waals surface area contributed by atoms with E-state index < -0.39 is 0 Å². The average Bonchev–Trinajstić information content (AvgIpc) is 2.39. The Kier molecular flexibility index (Phi) is 4.60. The maximum atomic E-state index is 4.29. The molecule has 2 aromatic heterocycles. The first-order chi connectivity index (χ1) is 9.16. The van der Waals surface area contributed by atoms with E-state index in [0.717, 1.165) is 23.7 Å². The summed E-state index contributed by atoms with van der Waals surface area (Å²) in [5.41, 5.74) is 1.37. The Hall–Kier alpha value is -1.78. The Balaban J connectivity index is 2.00. The number of aromatic nitrogens is 4. The maximum absolute atomic E-state index is 4.29. The fourth-order valence-corrected chi connectivity index (χ4v) is 2.04. The van der Waals surface area contributed by atoms with E-state index in [4.69, 9.17) is 0 Å². The standard InChI is InChI=1S/C14H21N5/c1-10(2)5-4-6-11(3)19-14-12-13(17-9-18-14)16-8-7-15-12/h7-11H,4-6H2,1-3H3,(H,16,17,18,19)/t11-/m0/s1. The number of nitrogens with zero attached hydrogens (tertiary/aromatic N) is 4. The third-order valence-electron chi connectivity index (χ3n) is 3.07. The summed E-state index contributed by atoms with van der Waals surface area (Å²) in [6.45, 7) is 6.68. The summed E-state index contributed by atoms with van der Waals surface area (Å²) in [4.78, 5) is 16.8. The number of rotatable bonds is 6.